The van der Waals surface area contributed by atoms with E-state index in [-0.39, 0.29) is 5.91 Å². The van der Waals surface area contributed by atoms with E-state index in [0.29, 0.717) is 24.3 Å². The molecule has 3 N–H and O–H groups in total. The van der Waals surface area contributed by atoms with Crippen molar-refractivity contribution in [2.24, 2.45) is 5.73 Å². The summed E-state index contributed by atoms with van der Waals surface area (Å²) >= 11 is 1.73. The highest BCUT2D eigenvalue weighted by molar-refractivity contribution is 7.11. The standard InChI is InChI=1S/C17H26N6OS/c1-11-12(2)25-16(20-11)4-3-9-19-17(24)15-10-23(22-21-15)14-7-5-13(18)6-8-14/h10,13-14H,3-9,18H2,1-2H3,(H,19,24). The first-order chi connectivity index (χ1) is 12.0. The van der Waals surface area contributed by atoms with Crippen LogP contribution in [0.5, 0.6) is 0 Å². The van der Waals surface area contributed by atoms with Gasteiger partial charge >= 0.3 is 0 Å². The topological polar surface area (TPSA) is 98.7 Å². The number of carbonyl (C=O) groups excluding carboxylic acids is 1. The normalized spacial score (nSPS) is 20.6. The zero-order valence-electron chi connectivity index (χ0n) is 14.9. The van der Waals surface area contributed by atoms with Crippen molar-refractivity contribution in [2.45, 2.75) is 64.5 Å². The summed E-state index contributed by atoms with van der Waals surface area (Å²) in [5.74, 6) is -0.162. The molecule has 1 fully saturated rings. The van der Waals surface area contributed by atoms with E-state index in [2.05, 4.69) is 27.5 Å². The van der Waals surface area contributed by atoms with Crippen LogP contribution < -0.4 is 11.1 Å². The molecule has 0 atom stereocenters. The largest absolute Gasteiger partial charge is 0.351 e. The maximum absolute atomic E-state index is 12.2. The minimum Gasteiger partial charge on any atom is -0.351 e. The van der Waals surface area contributed by atoms with Gasteiger partial charge in [0.15, 0.2) is 5.69 Å². The van der Waals surface area contributed by atoms with Crippen molar-refractivity contribution in [1.29, 1.82) is 0 Å². The lowest BCUT2D eigenvalue weighted by Gasteiger charge is -2.25. The van der Waals surface area contributed by atoms with Gasteiger partial charge in [0.2, 0.25) is 0 Å². The summed E-state index contributed by atoms with van der Waals surface area (Å²) in [7, 11) is 0. The average Bonchev–Trinajstić information content (AvgIpc) is 3.20. The van der Waals surface area contributed by atoms with E-state index in [1.807, 2.05) is 11.6 Å². The minimum atomic E-state index is -0.162. The first-order valence-electron chi connectivity index (χ1n) is 8.91. The van der Waals surface area contributed by atoms with Gasteiger partial charge in [-0.1, -0.05) is 5.21 Å². The van der Waals surface area contributed by atoms with Gasteiger partial charge in [-0.3, -0.25) is 4.79 Å². The molecular formula is C17H26N6OS. The summed E-state index contributed by atoms with van der Waals surface area (Å²) in [5.41, 5.74) is 7.42. The summed E-state index contributed by atoms with van der Waals surface area (Å²) in [5, 5.41) is 12.2. The number of carbonyl (C=O) groups is 1. The molecule has 2 heterocycles. The zero-order valence-corrected chi connectivity index (χ0v) is 15.7. The van der Waals surface area contributed by atoms with Gasteiger partial charge in [-0.2, -0.15) is 0 Å². The molecule has 0 aromatic carbocycles. The molecule has 136 valence electrons. The van der Waals surface area contributed by atoms with E-state index in [9.17, 15) is 4.79 Å². The molecule has 0 radical (unpaired) electrons. The lowest BCUT2D eigenvalue weighted by Crippen LogP contribution is -2.28. The Balaban J connectivity index is 1.44. The van der Waals surface area contributed by atoms with Gasteiger partial charge in [0.05, 0.1) is 22.9 Å². The quantitative estimate of drug-likeness (QED) is 0.767. The van der Waals surface area contributed by atoms with Gasteiger partial charge in [-0.15, -0.1) is 16.4 Å². The Kier molecular flexibility index (Phi) is 5.80. The molecule has 1 saturated carbocycles. The molecule has 3 rings (SSSR count). The van der Waals surface area contributed by atoms with Gasteiger partial charge in [0.1, 0.15) is 0 Å². The van der Waals surface area contributed by atoms with Gasteiger partial charge in [0.25, 0.3) is 5.91 Å². The second-order valence-electron chi connectivity index (χ2n) is 6.76. The van der Waals surface area contributed by atoms with Crippen LogP contribution >= 0.6 is 11.3 Å². The molecule has 0 saturated heterocycles. The predicted octanol–water partition coefficient (Wildman–Crippen LogP) is 2.16. The molecule has 0 aliphatic heterocycles. The number of rotatable bonds is 6. The fraction of sp³-hybridized carbons (Fsp3) is 0.647. The highest BCUT2D eigenvalue weighted by Gasteiger charge is 2.22. The second kappa shape index (κ2) is 8.05. The van der Waals surface area contributed by atoms with Crippen LogP contribution in [0.25, 0.3) is 0 Å². The number of hydrogen-bond donors (Lipinski definition) is 2. The number of hydrogen-bond acceptors (Lipinski definition) is 6. The van der Waals surface area contributed by atoms with Crippen LogP contribution in [0.1, 0.15) is 64.2 Å². The Hall–Kier alpha value is -1.80. The number of nitrogens with zero attached hydrogens (tertiary/aromatic N) is 4. The smallest absolute Gasteiger partial charge is 0.273 e. The van der Waals surface area contributed by atoms with Crippen LogP contribution in [0.4, 0.5) is 0 Å². The SMILES string of the molecule is Cc1nc(CCCNC(=O)c2cn(C3CCC(N)CC3)nn2)sc1C. The molecule has 1 aliphatic rings. The molecule has 0 bridgehead atoms. The van der Waals surface area contributed by atoms with Crippen molar-refractivity contribution in [3.8, 4) is 0 Å². The molecule has 7 nitrogen and oxygen atoms in total. The summed E-state index contributed by atoms with van der Waals surface area (Å²) in [4.78, 5) is 18.0. The van der Waals surface area contributed by atoms with Crippen LogP contribution in [-0.4, -0.2) is 38.5 Å². The third-order valence-electron chi connectivity index (χ3n) is 4.78. The first kappa shape index (κ1) is 18.0. The number of thiazole rings is 1. The van der Waals surface area contributed by atoms with Crippen molar-refractivity contribution in [3.05, 3.63) is 27.5 Å². The molecule has 0 spiro atoms. The summed E-state index contributed by atoms with van der Waals surface area (Å²) in [6.45, 7) is 4.73. The minimum absolute atomic E-state index is 0.162. The molecule has 1 amide bonds. The summed E-state index contributed by atoms with van der Waals surface area (Å²) in [6, 6.07) is 0.609. The van der Waals surface area contributed by atoms with Crippen molar-refractivity contribution >= 4 is 17.2 Å². The van der Waals surface area contributed by atoms with E-state index in [0.717, 1.165) is 49.2 Å². The van der Waals surface area contributed by atoms with Gasteiger partial charge in [-0.05, 0) is 46.0 Å². The number of nitrogens with two attached hydrogens (primary N) is 1. The van der Waals surface area contributed by atoms with E-state index in [4.69, 9.17) is 5.73 Å². The zero-order chi connectivity index (χ0) is 17.8. The van der Waals surface area contributed by atoms with Gasteiger partial charge < -0.3 is 11.1 Å². The van der Waals surface area contributed by atoms with E-state index >= 15 is 0 Å². The first-order valence-corrected chi connectivity index (χ1v) is 9.73. The summed E-state index contributed by atoms with van der Waals surface area (Å²) < 4.78 is 1.82. The van der Waals surface area contributed by atoms with Crippen LogP contribution in [0, 0.1) is 13.8 Å². The Morgan fingerprint density at radius 1 is 1.36 bits per heavy atom. The van der Waals surface area contributed by atoms with Crippen molar-refractivity contribution in [1.82, 2.24) is 25.3 Å². The van der Waals surface area contributed by atoms with Crippen LogP contribution in [0.2, 0.25) is 0 Å². The monoisotopic (exact) mass is 362 g/mol. The van der Waals surface area contributed by atoms with E-state index < -0.39 is 0 Å². The van der Waals surface area contributed by atoms with E-state index in [1.165, 1.54) is 4.88 Å². The number of aryl methyl sites for hydroxylation is 3. The Bertz CT molecular complexity index is 697. The highest BCUT2D eigenvalue weighted by atomic mass is 32.1. The van der Waals surface area contributed by atoms with Crippen LogP contribution in [0.3, 0.4) is 0 Å². The molecule has 0 unspecified atom stereocenters. The van der Waals surface area contributed by atoms with E-state index in [1.54, 1.807) is 17.5 Å². The highest BCUT2D eigenvalue weighted by Crippen LogP contribution is 2.26. The van der Waals surface area contributed by atoms with Gasteiger partial charge in [0, 0.05) is 23.9 Å². The molecule has 8 heteroatoms. The molecular weight excluding hydrogens is 336 g/mol. The Labute approximate surface area is 152 Å². The molecule has 2 aromatic rings. The maximum atomic E-state index is 12.2. The van der Waals surface area contributed by atoms with Crippen LogP contribution in [-0.2, 0) is 6.42 Å². The maximum Gasteiger partial charge on any atom is 0.273 e. The Morgan fingerprint density at radius 2 is 2.12 bits per heavy atom. The fourth-order valence-corrected chi connectivity index (χ4v) is 4.08. The lowest BCUT2D eigenvalue weighted by atomic mass is 9.92. The van der Waals surface area contributed by atoms with Crippen molar-refractivity contribution in [2.75, 3.05) is 6.54 Å². The average molecular weight is 363 g/mol. The fourth-order valence-electron chi connectivity index (χ4n) is 3.10. The summed E-state index contributed by atoms with van der Waals surface area (Å²) in [6.07, 6.45) is 7.51. The number of nitrogens with one attached hydrogen (secondary N) is 1. The second-order valence-corrected chi connectivity index (χ2v) is 8.05. The van der Waals surface area contributed by atoms with Crippen molar-refractivity contribution in [3.63, 3.8) is 0 Å². The van der Waals surface area contributed by atoms with Crippen LogP contribution in [0.15, 0.2) is 6.20 Å². The lowest BCUT2D eigenvalue weighted by molar-refractivity contribution is 0.0948. The third-order valence-corrected chi connectivity index (χ3v) is 5.92. The third kappa shape index (κ3) is 4.64. The molecule has 1 aliphatic carbocycles. The number of amides is 1. The number of aromatic nitrogens is 4. The van der Waals surface area contributed by atoms with Crippen molar-refractivity contribution < 1.29 is 4.79 Å². The molecule has 2 aromatic heterocycles. The Morgan fingerprint density at radius 3 is 2.80 bits per heavy atom. The predicted molar refractivity (Wildman–Crippen MR) is 97.7 cm³/mol. The van der Waals surface area contributed by atoms with Gasteiger partial charge in [-0.25, -0.2) is 9.67 Å². The molecule has 25 heavy (non-hydrogen) atoms.